The number of unbranched alkanes of at least 4 members (excludes halogenated alkanes) is 30. The van der Waals surface area contributed by atoms with E-state index in [2.05, 4.69) is 26.0 Å². The summed E-state index contributed by atoms with van der Waals surface area (Å²) in [5.41, 5.74) is 0. The zero-order valence-corrected chi connectivity index (χ0v) is 39.5. The third kappa shape index (κ3) is 46.2. The first-order valence-corrected chi connectivity index (χ1v) is 25.9. The Labute approximate surface area is 354 Å². The molecule has 9 heteroatoms. The predicted octanol–water partition coefficient (Wildman–Crippen LogP) is 14.6. The summed E-state index contributed by atoms with van der Waals surface area (Å²) in [5, 5.41) is 0. The summed E-state index contributed by atoms with van der Waals surface area (Å²) in [4.78, 5) is 22.9. The number of phosphoric ester groups is 1. The van der Waals surface area contributed by atoms with Crippen molar-refractivity contribution in [3.8, 4) is 0 Å². The van der Waals surface area contributed by atoms with Crippen LogP contribution in [0.4, 0.5) is 0 Å². The lowest BCUT2D eigenvalue weighted by Gasteiger charge is -2.24. The molecule has 0 radical (unpaired) electrons. The summed E-state index contributed by atoms with van der Waals surface area (Å²) in [5.74, 6) is -0.313. The smallest absolute Gasteiger partial charge is 0.457 e. The highest BCUT2D eigenvalue weighted by molar-refractivity contribution is 7.47. The van der Waals surface area contributed by atoms with Crippen LogP contribution >= 0.6 is 7.82 Å². The van der Waals surface area contributed by atoms with Crippen molar-refractivity contribution < 1.29 is 37.3 Å². The molecule has 0 aromatic carbocycles. The van der Waals surface area contributed by atoms with Crippen molar-refractivity contribution in [3.63, 3.8) is 0 Å². The Kier molecular flexibility index (Phi) is 41.4. The molecule has 340 valence electrons. The Morgan fingerprint density at radius 3 is 1.33 bits per heavy atom. The minimum absolute atomic E-state index is 0.0912. The SMILES string of the molecule is CCCCCCCC/C=C\CCCCCCCCCC(=O)OC(COCCCCCCCCCCCCCCCCCCCC)COP(=O)(O)OCC[N+](C)(C)C. The summed E-state index contributed by atoms with van der Waals surface area (Å²) in [7, 11) is 1.68. The summed E-state index contributed by atoms with van der Waals surface area (Å²) < 4.78 is 35.1. The van der Waals surface area contributed by atoms with Gasteiger partial charge in [0.15, 0.2) is 0 Å². The van der Waals surface area contributed by atoms with Crippen LogP contribution in [-0.2, 0) is 27.9 Å². The highest BCUT2D eigenvalue weighted by atomic mass is 31.2. The van der Waals surface area contributed by atoms with Crippen molar-refractivity contribution in [2.75, 3.05) is 54.1 Å². The number of ether oxygens (including phenoxy) is 2. The largest absolute Gasteiger partial charge is 0.472 e. The fourth-order valence-corrected chi connectivity index (χ4v) is 7.76. The monoisotopic (exact) mass is 831 g/mol. The fraction of sp³-hybridized carbons (Fsp3) is 0.938. The third-order valence-electron chi connectivity index (χ3n) is 10.8. The minimum Gasteiger partial charge on any atom is -0.457 e. The lowest BCUT2D eigenvalue weighted by atomic mass is 10.0. The molecule has 0 aliphatic rings. The van der Waals surface area contributed by atoms with E-state index < -0.39 is 13.9 Å². The van der Waals surface area contributed by atoms with Gasteiger partial charge in [-0.15, -0.1) is 0 Å². The van der Waals surface area contributed by atoms with Gasteiger partial charge in [0.05, 0.1) is 34.4 Å². The molecule has 0 aliphatic heterocycles. The third-order valence-corrected chi connectivity index (χ3v) is 11.8. The molecular weight excluding hydrogens is 734 g/mol. The van der Waals surface area contributed by atoms with Gasteiger partial charge < -0.3 is 18.9 Å². The van der Waals surface area contributed by atoms with Crippen LogP contribution in [0, 0.1) is 0 Å². The molecule has 0 aromatic rings. The number of allylic oxidation sites excluding steroid dienone is 2. The van der Waals surface area contributed by atoms with Crippen LogP contribution in [-0.4, -0.2) is 75.6 Å². The summed E-state index contributed by atoms with van der Waals surface area (Å²) in [6.07, 6.45) is 46.7. The van der Waals surface area contributed by atoms with Crippen molar-refractivity contribution in [2.45, 2.75) is 238 Å². The zero-order chi connectivity index (χ0) is 42.0. The van der Waals surface area contributed by atoms with E-state index >= 15 is 0 Å². The molecule has 0 saturated carbocycles. The summed E-state index contributed by atoms with van der Waals surface area (Å²) in [6.45, 7) is 5.67. The molecule has 0 bridgehead atoms. The molecule has 0 spiro atoms. The first-order valence-electron chi connectivity index (χ1n) is 24.4. The van der Waals surface area contributed by atoms with Crippen LogP contribution < -0.4 is 0 Å². The van der Waals surface area contributed by atoms with Crippen LogP contribution in [0.25, 0.3) is 0 Å². The number of rotatable bonds is 46. The number of nitrogens with zero attached hydrogens (tertiary/aromatic N) is 1. The van der Waals surface area contributed by atoms with Crippen LogP contribution in [0.3, 0.4) is 0 Å². The Morgan fingerprint density at radius 1 is 0.526 bits per heavy atom. The first-order chi connectivity index (χ1) is 27.6. The van der Waals surface area contributed by atoms with Crippen molar-refractivity contribution >= 4 is 13.8 Å². The molecule has 8 nitrogen and oxygen atoms in total. The van der Waals surface area contributed by atoms with E-state index in [0.717, 1.165) is 32.1 Å². The van der Waals surface area contributed by atoms with Crippen LogP contribution in [0.15, 0.2) is 12.2 Å². The Balaban J connectivity index is 4.15. The maximum atomic E-state index is 12.7. The van der Waals surface area contributed by atoms with Crippen LogP contribution in [0.2, 0.25) is 0 Å². The fourth-order valence-electron chi connectivity index (χ4n) is 7.02. The standard InChI is InChI=1S/C48H96NO7P/c1-6-8-10-12-14-16-18-20-22-24-26-28-30-32-34-36-38-40-43-53-45-47(46-55-57(51,52)54-44-42-49(3,4)5)56-48(50)41-39-37-35-33-31-29-27-25-23-21-19-17-15-13-11-9-7-2/h21,23,47H,6-20,22,24-46H2,1-5H3/p+1/b23-21-. The van der Waals surface area contributed by atoms with Gasteiger partial charge in [0.25, 0.3) is 0 Å². The number of phosphoric acid groups is 1. The highest BCUT2D eigenvalue weighted by Gasteiger charge is 2.26. The molecule has 2 unspecified atom stereocenters. The zero-order valence-electron chi connectivity index (χ0n) is 38.6. The topological polar surface area (TPSA) is 91.3 Å². The van der Waals surface area contributed by atoms with Crippen LogP contribution in [0.1, 0.15) is 232 Å². The van der Waals surface area contributed by atoms with E-state index in [1.807, 2.05) is 21.1 Å². The Bertz CT molecular complexity index is 925. The van der Waals surface area contributed by atoms with Gasteiger partial charge in [-0.25, -0.2) is 4.57 Å². The van der Waals surface area contributed by atoms with Gasteiger partial charge >= 0.3 is 13.8 Å². The van der Waals surface area contributed by atoms with E-state index in [1.54, 1.807) is 0 Å². The molecule has 1 N–H and O–H groups in total. The number of quaternary nitrogens is 1. The van der Waals surface area contributed by atoms with Gasteiger partial charge in [-0.3, -0.25) is 13.8 Å². The second-order valence-electron chi connectivity index (χ2n) is 17.9. The van der Waals surface area contributed by atoms with Gasteiger partial charge in [0, 0.05) is 13.0 Å². The molecule has 0 rings (SSSR count). The second kappa shape index (κ2) is 42.0. The molecule has 0 amide bonds. The molecule has 0 saturated heterocycles. The van der Waals surface area contributed by atoms with Crippen molar-refractivity contribution in [1.29, 1.82) is 0 Å². The Morgan fingerprint density at radius 2 is 0.912 bits per heavy atom. The molecule has 0 fully saturated rings. The number of esters is 1. The molecule has 0 aliphatic carbocycles. The average molecular weight is 831 g/mol. The van der Waals surface area contributed by atoms with Gasteiger partial charge in [-0.05, 0) is 38.5 Å². The Hall–Kier alpha value is -0.760. The average Bonchev–Trinajstić information content (AvgIpc) is 3.16. The normalized spacial score (nSPS) is 13.7. The highest BCUT2D eigenvalue weighted by Crippen LogP contribution is 2.43. The maximum absolute atomic E-state index is 12.7. The number of hydrogen-bond donors (Lipinski definition) is 1. The van der Waals surface area contributed by atoms with Crippen molar-refractivity contribution in [3.05, 3.63) is 12.2 Å². The molecule has 0 heterocycles. The van der Waals surface area contributed by atoms with Gasteiger partial charge in [-0.1, -0.05) is 199 Å². The van der Waals surface area contributed by atoms with Gasteiger partial charge in [0.1, 0.15) is 19.3 Å². The maximum Gasteiger partial charge on any atom is 0.472 e. The predicted molar refractivity (Wildman–Crippen MR) is 243 cm³/mol. The molecule has 0 aromatic heterocycles. The number of likely N-dealkylation sites (N-methyl/N-ethyl adjacent to an activating group) is 1. The summed E-state index contributed by atoms with van der Waals surface area (Å²) in [6, 6.07) is 0. The van der Waals surface area contributed by atoms with Crippen LogP contribution in [0.5, 0.6) is 0 Å². The number of hydrogen-bond acceptors (Lipinski definition) is 6. The van der Waals surface area contributed by atoms with Gasteiger partial charge in [0.2, 0.25) is 0 Å². The summed E-state index contributed by atoms with van der Waals surface area (Å²) >= 11 is 0. The first kappa shape index (κ1) is 56.2. The van der Waals surface area contributed by atoms with E-state index in [-0.39, 0.29) is 25.8 Å². The molecular formula is C48H97NO7P+. The van der Waals surface area contributed by atoms with E-state index in [0.29, 0.717) is 24.1 Å². The van der Waals surface area contributed by atoms with E-state index in [1.165, 1.54) is 180 Å². The van der Waals surface area contributed by atoms with E-state index in [9.17, 15) is 14.3 Å². The van der Waals surface area contributed by atoms with Gasteiger partial charge in [-0.2, -0.15) is 0 Å². The minimum atomic E-state index is -4.27. The van der Waals surface area contributed by atoms with Crippen molar-refractivity contribution in [1.82, 2.24) is 0 Å². The number of carbonyl (C=O) groups excluding carboxylic acids is 1. The lowest BCUT2D eigenvalue weighted by Crippen LogP contribution is -2.37. The quantitative estimate of drug-likeness (QED) is 0.0215. The molecule has 57 heavy (non-hydrogen) atoms. The second-order valence-corrected chi connectivity index (χ2v) is 19.3. The number of carbonyl (C=O) groups is 1. The van der Waals surface area contributed by atoms with E-state index in [4.69, 9.17) is 18.5 Å². The van der Waals surface area contributed by atoms with Crippen molar-refractivity contribution in [2.24, 2.45) is 0 Å². The molecule has 2 atom stereocenters. The lowest BCUT2D eigenvalue weighted by molar-refractivity contribution is -0.870.